The SMILES string of the molecule is CC(C)(C)C1CCCN(c2cc(Cl)ccc2C(=O)O)CC1. The molecule has 1 saturated heterocycles. The van der Waals surface area contributed by atoms with E-state index in [1.807, 2.05) is 0 Å². The second kappa shape index (κ2) is 6.27. The van der Waals surface area contributed by atoms with E-state index >= 15 is 0 Å². The molecular formula is C17H24ClNO2. The predicted molar refractivity (Wildman–Crippen MR) is 87.4 cm³/mol. The number of nitrogens with zero attached hydrogens (tertiary/aromatic N) is 1. The number of carbonyl (C=O) groups is 1. The van der Waals surface area contributed by atoms with Crippen LogP contribution < -0.4 is 4.90 Å². The molecule has 1 heterocycles. The quantitative estimate of drug-likeness (QED) is 0.861. The number of benzene rings is 1. The molecule has 0 saturated carbocycles. The minimum absolute atomic E-state index is 0.306. The fraction of sp³-hybridized carbons (Fsp3) is 0.588. The molecular weight excluding hydrogens is 286 g/mol. The van der Waals surface area contributed by atoms with Gasteiger partial charge in [0.05, 0.1) is 11.3 Å². The van der Waals surface area contributed by atoms with Crippen LogP contribution in [-0.4, -0.2) is 24.2 Å². The van der Waals surface area contributed by atoms with E-state index < -0.39 is 5.97 Å². The van der Waals surface area contributed by atoms with Gasteiger partial charge in [-0.05, 0) is 48.8 Å². The Bertz CT molecular complexity index is 522. The van der Waals surface area contributed by atoms with Crippen LogP contribution >= 0.6 is 11.6 Å². The summed E-state index contributed by atoms with van der Waals surface area (Å²) in [5, 5.41) is 9.96. The van der Waals surface area contributed by atoms with Gasteiger partial charge in [0.25, 0.3) is 0 Å². The fourth-order valence-electron chi connectivity index (χ4n) is 3.15. The molecule has 1 N–H and O–H groups in total. The van der Waals surface area contributed by atoms with Crippen molar-refractivity contribution in [2.24, 2.45) is 11.3 Å². The normalized spacial score (nSPS) is 20.2. The number of hydrogen-bond donors (Lipinski definition) is 1. The number of carboxylic acid groups (broad SMARTS) is 1. The Morgan fingerprint density at radius 1 is 1.29 bits per heavy atom. The maximum atomic E-state index is 11.4. The van der Waals surface area contributed by atoms with Crippen LogP contribution in [0.25, 0.3) is 0 Å². The van der Waals surface area contributed by atoms with E-state index in [9.17, 15) is 9.90 Å². The third-order valence-corrected chi connectivity index (χ3v) is 4.72. The van der Waals surface area contributed by atoms with E-state index in [2.05, 4.69) is 25.7 Å². The molecule has 4 heteroatoms. The van der Waals surface area contributed by atoms with Crippen molar-refractivity contribution < 1.29 is 9.90 Å². The summed E-state index contributed by atoms with van der Waals surface area (Å²) >= 11 is 6.06. The standard InChI is InChI=1S/C17H24ClNO2/c1-17(2,3)12-5-4-9-19(10-8-12)15-11-13(18)6-7-14(15)16(20)21/h6-7,11-12H,4-5,8-10H2,1-3H3,(H,20,21). The third-order valence-electron chi connectivity index (χ3n) is 4.48. The summed E-state index contributed by atoms with van der Waals surface area (Å²) in [6.45, 7) is 8.65. The van der Waals surface area contributed by atoms with Crippen molar-refractivity contribution in [3.05, 3.63) is 28.8 Å². The summed E-state index contributed by atoms with van der Waals surface area (Å²) in [6, 6.07) is 5.03. The molecule has 116 valence electrons. The molecule has 0 amide bonds. The van der Waals surface area contributed by atoms with Gasteiger partial charge in [0.1, 0.15) is 0 Å². The fourth-order valence-corrected chi connectivity index (χ4v) is 3.32. The van der Waals surface area contributed by atoms with Crippen molar-refractivity contribution in [2.45, 2.75) is 40.0 Å². The van der Waals surface area contributed by atoms with Crippen molar-refractivity contribution in [1.82, 2.24) is 0 Å². The zero-order chi connectivity index (χ0) is 15.6. The van der Waals surface area contributed by atoms with Gasteiger partial charge in [-0.15, -0.1) is 0 Å². The molecule has 1 aliphatic rings. The van der Waals surface area contributed by atoms with Gasteiger partial charge < -0.3 is 10.0 Å². The highest BCUT2D eigenvalue weighted by Gasteiger charge is 2.28. The van der Waals surface area contributed by atoms with Crippen LogP contribution in [-0.2, 0) is 0 Å². The van der Waals surface area contributed by atoms with Gasteiger partial charge in [-0.25, -0.2) is 4.79 Å². The highest BCUT2D eigenvalue weighted by molar-refractivity contribution is 6.31. The van der Waals surface area contributed by atoms with Crippen LogP contribution in [0.3, 0.4) is 0 Å². The number of carboxylic acids is 1. The summed E-state index contributed by atoms with van der Waals surface area (Å²) in [4.78, 5) is 13.6. The summed E-state index contributed by atoms with van der Waals surface area (Å²) < 4.78 is 0. The van der Waals surface area contributed by atoms with Gasteiger partial charge in [0.2, 0.25) is 0 Å². The molecule has 1 fully saturated rings. The van der Waals surface area contributed by atoms with Crippen LogP contribution in [0.1, 0.15) is 50.4 Å². The minimum atomic E-state index is -0.890. The lowest BCUT2D eigenvalue weighted by atomic mass is 9.77. The average molecular weight is 310 g/mol. The van der Waals surface area contributed by atoms with Crippen molar-refractivity contribution >= 4 is 23.3 Å². The molecule has 0 aliphatic carbocycles. The number of hydrogen-bond acceptors (Lipinski definition) is 2. The largest absolute Gasteiger partial charge is 0.478 e. The molecule has 0 aromatic heterocycles. The number of anilines is 1. The van der Waals surface area contributed by atoms with Crippen molar-refractivity contribution in [2.75, 3.05) is 18.0 Å². The highest BCUT2D eigenvalue weighted by Crippen LogP contribution is 2.36. The van der Waals surface area contributed by atoms with Crippen molar-refractivity contribution in [3.63, 3.8) is 0 Å². The van der Waals surface area contributed by atoms with Gasteiger partial charge in [0, 0.05) is 18.1 Å². The second-order valence-electron chi connectivity index (χ2n) is 6.95. The topological polar surface area (TPSA) is 40.5 Å². The summed E-state index contributed by atoms with van der Waals surface area (Å²) in [5.74, 6) is -0.215. The monoisotopic (exact) mass is 309 g/mol. The second-order valence-corrected chi connectivity index (χ2v) is 7.38. The van der Waals surface area contributed by atoms with Gasteiger partial charge in [0.15, 0.2) is 0 Å². The van der Waals surface area contributed by atoms with Crippen LogP contribution in [0.2, 0.25) is 5.02 Å². The van der Waals surface area contributed by atoms with E-state index in [1.54, 1.807) is 18.2 Å². The Hall–Kier alpha value is -1.22. The summed E-state index contributed by atoms with van der Waals surface area (Å²) in [5.41, 5.74) is 1.40. The minimum Gasteiger partial charge on any atom is -0.478 e. The van der Waals surface area contributed by atoms with Crippen molar-refractivity contribution in [1.29, 1.82) is 0 Å². The van der Waals surface area contributed by atoms with Gasteiger partial charge in [-0.3, -0.25) is 0 Å². The van der Waals surface area contributed by atoms with E-state index in [1.165, 1.54) is 6.42 Å². The summed E-state index contributed by atoms with van der Waals surface area (Å²) in [7, 11) is 0. The third kappa shape index (κ3) is 3.91. The number of halogens is 1. The maximum absolute atomic E-state index is 11.4. The lowest BCUT2D eigenvalue weighted by Gasteiger charge is -2.30. The van der Waals surface area contributed by atoms with Crippen LogP contribution in [0.5, 0.6) is 0 Å². The van der Waals surface area contributed by atoms with Gasteiger partial charge in [-0.1, -0.05) is 32.4 Å². The Morgan fingerprint density at radius 3 is 2.62 bits per heavy atom. The zero-order valence-electron chi connectivity index (χ0n) is 13.0. The number of aromatic carboxylic acids is 1. The van der Waals surface area contributed by atoms with E-state index in [0.717, 1.165) is 31.6 Å². The molecule has 1 aromatic carbocycles. The molecule has 2 rings (SSSR count). The lowest BCUT2D eigenvalue weighted by Crippen LogP contribution is -2.27. The molecule has 1 unspecified atom stereocenters. The van der Waals surface area contributed by atoms with E-state index in [-0.39, 0.29) is 0 Å². The number of rotatable bonds is 2. The zero-order valence-corrected chi connectivity index (χ0v) is 13.8. The first-order chi connectivity index (χ1) is 9.79. The molecule has 1 atom stereocenters. The van der Waals surface area contributed by atoms with Crippen molar-refractivity contribution in [3.8, 4) is 0 Å². The average Bonchev–Trinajstić information content (AvgIpc) is 2.63. The molecule has 0 radical (unpaired) electrons. The predicted octanol–water partition coefficient (Wildman–Crippen LogP) is 4.69. The molecule has 3 nitrogen and oxygen atoms in total. The molecule has 0 bridgehead atoms. The molecule has 1 aromatic rings. The summed E-state index contributed by atoms with van der Waals surface area (Å²) in [6.07, 6.45) is 3.38. The highest BCUT2D eigenvalue weighted by atomic mass is 35.5. The van der Waals surface area contributed by atoms with Crippen LogP contribution in [0.15, 0.2) is 18.2 Å². The van der Waals surface area contributed by atoms with Crippen LogP contribution in [0.4, 0.5) is 5.69 Å². The first-order valence-corrected chi connectivity index (χ1v) is 7.94. The molecule has 0 spiro atoms. The Kier molecular flexibility index (Phi) is 4.82. The van der Waals surface area contributed by atoms with Gasteiger partial charge >= 0.3 is 5.97 Å². The Balaban J connectivity index is 2.23. The molecule has 1 aliphatic heterocycles. The Labute approximate surface area is 131 Å². The van der Waals surface area contributed by atoms with E-state index in [4.69, 9.17) is 11.6 Å². The van der Waals surface area contributed by atoms with E-state index in [0.29, 0.717) is 21.9 Å². The Morgan fingerprint density at radius 2 is 2.00 bits per heavy atom. The maximum Gasteiger partial charge on any atom is 0.337 e. The first-order valence-electron chi connectivity index (χ1n) is 7.57. The first kappa shape index (κ1) is 16.2. The van der Waals surface area contributed by atoms with Gasteiger partial charge in [-0.2, -0.15) is 0 Å². The molecule has 21 heavy (non-hydrogen) atoms. The van der Waals surface area contributed by atoms with Crippen LogP contribution in [0, 0.1) is 11.3 Å². The lowest BCUT2D eigenvalue weighted by molar-refractivity contribution is 0.0697. The smallest absolute Gasteiger partial charge is 0.337 e.